The normalized spacial score (nSPS) is 14.4. The lowest BCUT2D eigenvalue weighted by Crippen LogP contribution is -2.32. The summed E-state index contributed by atoms with van der Waals surface area (Å²) in [6.07, 6.45) is 19.4. The van der Waals surface area contributed by atoms with Gasteiger partial charge in [-0.15, -0.1) is 0 Å². The molecule has 7 nitrogen and oxygen atoms in total. The van der Waals surface area contributed by atoms with E-state index in [1.54, 1.807) is 6.21 Å². The SMILES string of the molecule is C/C=N\N1C=CC(Oc2ccc(NC(=N/C=C/CCC)c3nc(N(CCCC)CC(C)CC)c(CCC)cc3C)cc2C)=CC1. The van der Waals surface area contributed by atoms with E-state index >= 15 is 0 Å². The van der Waals surface area contributed by atoms with Crippen LogP contribution in [0.5, 0.6) is 5.75 Å². The van der Waals surface area contributed by atoms with E-state index in [0.717, 1.165) is 104 Å². The molecule has 2 aromatic rings. The van der Waals surface area contributed by atoms with Crippen LogP contribution in [-0.2, 0) is 6.42 Å². The molecule has 7 heteroatoms. The maximum Gasteiger partial charge on any atom is 0.156 e. The largest absolute Gasteiger partial charge is 0.457 e. The number of nitrogens with one attached hydrogen (secondary N) is 1. The number of aryl methyl sites for hydroxylation is 3. The molecule has 0 saturated heterocycles. The lowest BCUT2D eigenvalue weighted by atomic mass is 10.0. The van der Waals surface area contributed by atoms with Crippen molar-refractivity contribution in [3.63, 3.8) is 0 Å². The molecule has 1 aliphatic heterocycles. The Bertz CT molecular complexity index is 1370. The molecule has 1 aromatic carbocycles. The number of hydrogen-bond donors (Lipinski definition) is 1. The molecule has 0 radical (unpaired) electrons. The Morgan fingerprint density at radius 2 is 1.93 bits per heavy atom. The van der Waals surface area contributed by atoms with Gasteiger partial charge in [-0.25, -0.2) is 9.98 Å². The molecule has 1 atom stereocenters. The minimum absolute atomic E-state index is 0.596. The van der Waals surface area contributed by atoms with Crippen molar-refractivity contribution in [2.24, 2.45) is 16.0 Å². The smallest absolute Gasteiger partial charge is 0.156 e. The number of hydrogen-bond acceptors (Lipinski definition) is 6. The van der Waals surface area contributed by atoms with Gasteiger partial charge in [-0.05, 0) is 93.0 Å². The van der Waals surface area contributed by atoms with Crippen molar-refractivity contribution in [2.45, 2.75) is 100 Å². The molecule has 1 aromatic heterocycles. The Kier molecular flexibility index (Phi) is 14.9. The predicted octanol–water partition coefficient (Wildman–Crippen LogP) is 9.57. The number of unbranched alkanes of at least 4 members (excludes halogenated alkanes) is 2. The maximum atomic E-state index is 6.23. The van der Waals surface area contributed by atoms with Crippen LogP contribution in [0, 0.1) is 19.8 Å². The molecule has 1 unspecified atom stereocenters. The summed E-state index contributed by atoms with van der Waals surface area (Å²) >= 11 is 0. The first kappa shape index (κ1) is 35.6. The highest BCUT2D eigenvalue weighted by molar-refractivity contribution is 6.08. The van der Waals surface area contributed by atoms with Gasteiger partial charge in [-0.2, -0.15) is 5.10 Å². The number of nitrogens with zero attached hydrogens (tertiary/aromatic N) is 5. The topological polar surface area (TPSA) is 65.3 Å². The first-order chi connectivity index (χ1) is 21.8. The highest BCUT2D eigenvalue weighted by Crippen LogP contribution is 2.28. The van der Waals surface area contributed by atoms with Crippen molar-refractivity contribution in [3.8, 4) is 5.75 Å². The summed E-state index contributed by atoms with van der Waals surface area (Å²) in [5.74, 6) is 4.09. The van der Waals surface area contributed by atoms with E-state index in [4.69, 9.17) is 14.7 Å². The lowest BCUT2D eigenvalue weighted by Gasteiger charge is -2.29. The molecule has 1 N–H and O–H groups in total. The average molecular weight is 613 g/mol. The zero-order valence-electron chi connectivity index (χ0n) is 29.1. The molecule has 0 aliphatic carbocycles. The number of ether oxygens (including phenoxy) is 1. The van der Waals surface area contributed by atoms with E-state index < -0.39 is 0 Å². The van der Waals surface area contributed by atoms with Gasteiger partial charge in [0.05, 0.1) is 6.54 Å². The molecule has 0 amide bonds. The van der Waals surface area contributed by atoms with Gasteiger partial charge < -0.3 is 15.0 Å². The molecule has 2 heterocycles. The Hall–Kier alpha value is -3.87. The number of allylic oxidation sites excluding steroid dienone is 2. The van der Waals surface area contributed by atoms with Crippen LogP contribution in [0.3, 0.4) is 0 Å². The number of anilines is 2. The molecule has 45 heavy (non-hydrogen) atoms. The summed E-state index contributed by atoms with van der Waals surface area (Å²) in [4.78, 5) is 12.9. The highest BCUT2D eigenvalue weighted by atomic mass is 16.5. The minimum Gasteiger partial charge on any atom is -0.457 e. The average Bonchev–Trinajstić information content (AvgIpc) is 3.03. The molecular weight excluding hydrogens is 556 g/mol. The first-order valence-electron chi connectivity index (χ1n) is 17.0. The van der Waals surface area contributed by atoms with Crippen LogP contribution >= 0.6 is 0 Å². The molecule has 0 saturated carbocycles. The molecular formula is C38H56N6O. The van der Waals surface area contributed by atoms with Crippen molar-refractivity contribution in [1.29, 1.82) is 0 Å². The third-order valence-corrected chi connectivity index (χ3v) is 7.91. The zero-order chi connectivity index (χ0) is 32.6. The monoisotopic (exact) mass is 612 g/mol. The van der Waals surface area contributed by atoms with Gasteiger partial charge in [-0.1, -0.05) is 72.4 Å². The predicted molar refractivity (Wildman–Crippen MR) is 194 cm³/mol. The Balaban J connectivity index is 1.98. The molecule has 3 rings (SSSR count). The quantitative estimate of drug-likeness (QED) is 0.142. The van der Waals surface area contributed by atoms with Crippen LogP contribution in [0.1, 0.15) is 102 Å². The summed E-state index contributed by atoms with van der Waals surface area (Å²) in [6.45, 7) is 20.1. The van der Waals surface area contributed by atoms with E-state index in [2.05, 4.69) is 82.0 Å². The van der Waals surface area contributed by atoms with E-state index in [9.17, 15) is 0 Å². The number of amidine groups is 1. The molecule has 0 fully saturated rings. The number of rotatable bonds is 17. The lowest BCUT2D eigenvalue weighted by molar-refractivity contribution is 0.393. The summed E-state index contributed by atoms with van der Waals surface area (Å²) in [5, 5.41) is 9.79. The van der Waals surface area contributed by atoms with Gasteiger partial charge >= 0.3 is 0 Å². The van der Waals surface area contributed by atoms with Crippen LogP contribution in [0.4, 0.5) is 11.5 Å². The molecule has 0 spiro atoms. The summed E-state index contributed by atoms with van der Waals surface area (Å²) in [6, 6.07) is 8.51. The minimum atomic E-state index is 0.596. The van der Waals surface area contributed by atoms with Crippen molar-refractivity contribution in [3.05, 3.63) is 83.0 Å². The second-order valence-electron chi connectivity index (χ2n) is 12.0. The van der Waals surface area contributed by atoms with Crippen molar-refractivity contribution < 1.29 is 4.74 Å². The molecule has 244 valence electrons. The van der Waals surface area contributed by atoms with Gasteiger partial charge in [0.25, 0.3) is 0 Å². The van der Waals surface area contributed by atoms with Gasteiger partial charge in [0, 0.05) is 37.4 Å². The van der Waals surface area contributed by atoms with Gasteiger partial charge in [0.1, 0.15) is 23.0 Å². The summed E-state index contributed by atoms with van der Waals surface area (Å²) in [7, 11) is 0. The fourth-order valence-corrected chi connectivity index (χ4v) is 5.17. The summed E-state index contributed by atoms with van der Waals surface area (Å²) < 4.78 is 6.23. The van der Waals surface area contributed by atoms with Crippen LogP contribution in [0.15, 0.2) is 70.7 Å². The number of pyridine rings is 1. The summed E-state index contributed by atoms with van der Waals surface area (Å²) in [5.41, 5.74) is 5.33. The van der Waals surface area contributed by atoms with Gasteiger partial charge in [0.2, 0.25) is 0 Å². The fraction of sp³-hybridized carbons (Fsp3) is 0.500. The van der Waals surface area contributed by atoms with Crippen molar-refractivity contribution in [2.75, 3.05) is 29.9 Å². The van der Waals surface area contributed by atoms with Crippen LogP contribution in [0.25, 0.3) is 0 Å². The number of benzene rings is 1. The van der Waals surface area contributed by atoms with E-state index in [1.165, 1.54) is 5.56 Å². The second-order valence-corrected chi connectivity index (χ2v) is 12.0. The fourth-order valence-electron chi connectivity index (χ4n) is 5.17. The third-order valence-electron chi connectivity index (χ3n) is 7.91. The Morgan fingerprint density at radius 3 is 2.58 bits per heavy atom. The maximum absolute atomic E-state index is 6.23. The third kappa shape index (κ3) is 10.9. The number of aliphatic imine (C=N–C) groups is 1. The number of hydrazone groups is 1. The van der Waals surface area contributed by atoms with Gasteiger partial charge in [-0.3, -0.25) is 5.01 Å². The van der Waals surface area contributed by atoms with Crippen LogP contribution in [-0.4, -0.2) is 41.7 Å². The van der Waals surface area contributed by atoms with E-state index in [1.807, 2.05) is 48.6 Å². The van der Waals surface area contributed by atoms with Gasteiger partial charge in [0.15, 0.2) is 5.84 Å². The Labute approximate surface area is 272 Å². The van der Waals surface area contributed by atoms with E-state index in [0.29, 0.717) is 12.5 Å². The van der Waals surface area contributed by atoms with Crippen molar-refractivity contribution >= 4 is 23.6 Å². The Morgan fingerprint density at radius 1 is 1.11 bits per heavy atom. The molecule has 1 aliphatic rings. The number of aromatic nitrogens is 1. The first-order valence-corrected chi connectivity index (χ1v) is 17.0. The van der Waals surface area contributed by atoms with Crippen LogP contribution < -0.4 is 15.0 Å². The van der Waals surface area contributed by atoms with E-state index in [-0.39, 0.29) is 0 Å². The zero-order valence-corrected chi connectivity index (χ0v) is 29.1. The highest BCUT2D eigenvalue weighted by Gasteiger charge is 2.20. The molecule has 0 bridgehead atoms. The second kappa shape index (κ2) is 18.8. The van der Waals surface area contributed by atoms with Crippen molar-refractivity contribution in [1.82, 2.24) is 9.99 Å². The van der Waals surface area contributed by atoms with Crippen LogP contribution in [0.2, 0.25) is 0 Å². The standard InChI is InChI=1S/C38H56N6O/c1-9-14-16-22-39-37(41-33-18-19-35(30(7)27-33)45-34-20-24-44(25-21-34)40-13-5)36-31(8)26-32(17-11-3)38(42-36)43(23-15-10-2)28-29(6)12-4/h13,16,18-22,24,26-27,29H,9-12,14-15,17,23,25,28H2,1-8H3,(H,39,41)/b22-16+,40-13-.